The number of quaternary nitrogens is 1. The Hall–Kier alpha value is -1.43. The van der Waals surface area contributed by atoms with E-state index in [9.17, 15) is 5.11 Å². The van der Waals surface area contributed by atoms with Crippen molar-refractivity contribution in [2.75, 3.05) is 13.1 Å². The molecule has 0 radical (unpaired) electrons. The third-order valence-electron chi connectivity index (χ3n) is 5.49. The fourth-order valence-corrected chi connectivity index (χ4v) is 4.55. The van der Waals surface area contributed by atoms with Crippen molar-refractivity contribution in [3.05, 3.63) is 46.5 Å². The molecule has 1 aromatic carbocycles. The zero-order valence-electron chi connectivity index (χ0n) is 14.1. The Morgan fingerprint density at radius 1 is 1.04 bits per heavy atom. The Bertz CT molecular complexity index is 757. The number of aliphatic hydroxyl groups is 1. The summed E-state index contributed by atoms with van der Waals surface area (Å²) in [6.07, 6.45) is 6.47. The first-order valence-electron chi connectivity index (χ1n) is 9.14. The molecule has 1 aliphatic carbocycles. The largest absolute Gasteiger partial charge is 0.393 e. The van der Waals surface area contributed by atoms with E-state index in [0.717, 1.165) is 50.2 Å². The molecular formula is C19H26N3OS+. The maximum absolute atomic E-state index is 9.75. The number of nitrogens with zero attached hydrogens (tertiary/aromatic N) is 2. The van der Waals surface area contributed by atoms with Gasteiger partial charge in [-0.25, -0.2) is 0 Å². The molecule has 2 heterocycles. The lowest BCUT2D eigenvalue weighted by atomic mass is 10.0. The summed E-state index contributed by atoms with van der Waals surface area (Å²) in [5, 5.41) is 9.75. The smallest absolute Gasteiger partial charge is 0.189 e. The van der Waals surface area contributed by atoms with Crippen LogP contribution in [0.2, 0.25) is 0 Å². The lowest BCUT2D eigenvalue weighted by molar-refractivity contribution is -0.928. The van der Waals surface area contributed by atoms with Crippen LogP contribution in [0.25, 0.3) is 5.69 Å². The van der Waals surface area contributed by atoms with E-state index in [2.05, 4.69) is 39.5 Å². The zero-order valence-corrected chi connectivity index (χ0v) is 14.9. The molecule has 1 aromatic heterocycles. The van der Waals surface area contributed by atoms with Crippen LogP contribution in [-0.2, 0) is 19.5 Å². The number of aliphatic hydroxyl groups excluding tert-OH is 1. The van der Waals surface area contributed by atoms with E-state index in [1.54, 1.807) is 0 Å². The van der Waals surface area contributed by atoms with Gasteiger partial charge in [-0.15, -0.1) is 0 Å². The van der Waals surface area contributed by atoms with E-state index >= 15 is 0 Å². The van der Waals surface area contributed by atoms with E-state index < -0.39 is 0 Å². The number of benzene rings is 1. The van der Waals surface area contributed by atoms with Crippen molar-refractivity contribution in [2.45, 2.75) is 51.3 Å². The maximum Gasteiger partial charge on any atom is 0.189 e. The second kappa shape index (κ2) is 6.82. The summed E-state index contributed by atoms with van der Waals surface area (Å²) >= 11 is 5.90. The van der Waals surface area contributed by atoms with Gasteiger partial charge < -0.3 is 10.0 Å². The number of aromatic nitrogens is 2. The molecule has 0 saturated carbocycles. The Labute approximate surface area is 148 Å². The van der Waals surface area contributed by atoms with Crippen LogP contribution in [0.3, 0.4) is 0 Å². The highest BCUT2D eigenvalue weighted by Gasteiger charge is 2.25. The van der Waals surface area contributed by atoms with Crippen LogP contribution in [0.5, 0.6) is 0 Å². The summed E-state index contributed by atoms with van der Waals surface area (Å²) in [5.74, 6) is 0. The van der Waals surface area contributed by atoms with Crippen molar-refractivity contribution in [2.24, 2.45) is 0 Å². The number of likely N-dealkylation sites (tertiary alicyclic amines) is 1. The minimum absolute atomic E-state index is 0.107. The summed E-state index contributed by atoms with van der Waals surface area (Å²) in [6, 6.07) is 10.5. The monoisotopic (exact) mass is 344 g/mol. The Morgan fingerprint density at radius 2 is 1.71 bits per heavy atom. The molecule has 24 heavy (non-hydrogen) atoms. The van der Waals surface area contributed by atoms with Crippen LogP contribution in [0, 0.1) is 4.77 Å². The summed E-state index contributed by atoms with van der Waals surface area (Å²) in [5.41, 5.74) is 4.03. The molecule has 1 fully saturated rings. The molecule has 1 aliphatic heterocycles. The number of piperidine rings is 1. The van der Waals surface area contributed by atoms with Gasteiger partial charge in [0.2, 0.25) is 0 Å². The highest BCUT2D eigenvalue weighted by Crippen LogP contribution is 2.26. The van der Waals surface area contributed by atoms with Gasteiger partial charge in [0.25, 0.3) is 0 Å². The van der Waals surface area contributed by atoms with Gasteiger partial charge in [0.1, 0.15) is 0 Å². The summed E-state index contributed by atoms with van der Waals surface area (Å²) in [6.45, 7) is 3.01. The van der Waals surface area contributed by atoms with Crippen molar-refractivity contribution in [3.63, 3.8) is 0 Å². The SMILES string of the molecule is OC1CC[NH+](Cn2c3c(n(-c4ccccc4)c2=S)CCCC3)CC1. The number of imidazole rings is 1. The van der Waals surface area contributed by atoms with Crippen molar-refractivity contribution in [1.82, 2.24) is 9.13 Å². The molecule has 2 aromatic rings. The quantitative estimate of drug-likeness (QED) is 0.834. The van der Waals surface area contributed by atoms with Crippen molar-refractivity contribution >= 4 is 12.2 Å². The van der Waals surface area contributed by atoms with E-state index in [0.29, 0.717) is 0 Å². The van der Waals surface area contributed by atoms with Crippen LogP contribution in [-0.4, -0.2) is 33.4 Å². The lowest BCUT2D eigenvalue weighted by Gasteiger charge is -2.27. The number of fused-ring (bicyclic) bond motifs is 1. The predicted molar refractivity (Wildman–Crippen MR) is 97.2 cm³/mol. The third-order valence-corrected chi connectivity index (χ3v) is 5.89. The van der Waals surface area contributed by atoms with E-state index in [1.165, 1.54) is 34.8 Å². The second-order valence-electron chi connectivity index (χ2n) is 7.12. The van der Waals surface area contributed by atoms with Crippen molar-refractivity contribution in [1.29, 1.82) is 0 Å². The average Bonchev–Trinajstić information content (AvgIpc) is 2.90. The minimum Gasteiger partial charge on any atom is -0.393 e. The maximum atomic E-state index is 9.75. The first-order valence-corrected chi connectivity index (χ1v) is 9.55. The first-order chi connectivity index (χ1) is 11.7. The predicted octanol–water partition coefficient (Wildman–Crippen LogP) is 1.88. The number of hydrogen-bond acceptors (Lipinski definition) is 2. The fourth-order valence-electron chi connectivity index (χ4n) is 4.16. The van der Waals surface area contributed by atoms with Crippen LogP contribution >= 0.6 is 12.2 Å². The molecule has 0 spiro atoms. The number of rotatable bonds is 3. The van der Waals surface area contributed by atoms with Gasteiger partial charge in [-0.1, -0.05) is 18.2 Å². The highest BCUT2D eigenvalue weighted by molar-refractivity contribution is 7.71. The third kappa shape index (κ3) is 2.96. The van der Waals surface area contributed by atoms with Crippen molar-refractivity contribution < 1.29 is 10.0 Å². The molecular weight excluding hydrogens is 318 g/mol. The molecule has 2 N–H and O–H groups in total. The summed E-state index contributed by atoms with van der Waals surface area (Å²) < 4.78 is 5.61. The molecule has 5 heteroatoms. The van der Waals surface area contributed by atoms with Crippen LogP contribution in [0.4, 0.5) is 0 Å². The van der Waals surface area contributed by atoms with Gasteiger partial charge in [-0.05, 0) is 50.0 Å². The van der Waals surface area contributed by atoms with Gasteiger partial charge in [-0.3, -0.25) is 9.13 Å². The summed E-state index contributed by atoms with van der Waals surface area (Å²) in [7, 11) is 0. The number of para-hydroxylation sites is 1. The zero-order chi connectivity index (χ0) is 16.5. The Kier molecular flexibility index (Phi) is 4.57. The van der Waals surface area contributed by atoms with E-state index in [-0.39, 0.29) is 6.10 Å². The summed E-state index contributed by atoms with van der Waals surface area (Å²) in [4.78, 5) is 1.54. The van der Waals surface area contributed by atoms with Gasteiger partial charge in [0.05, 0.1) is 19.2 Å². The van der Waals surface area contributed by atoms with Crippen LogP contribution in [0.1, 0.15) is 37.1 Å². The molecule has 4 nitrogen and oxygen atoms in total. The van der Waals surface area contributed by atoms with Gasteiger partial charge >= 0.3 is 0 Å². The van der Waals surface area contributed by atoms with E-state index in [1.807, 2.05) is 0 Å². The standard InChI is InChI=1S/C19H25N3OS/c23-16-10-12-20(13-11-16)14-21-17-8-4-5-9-18(17)22(19(21)24)15-6-2-1-3-7-15/h1-3,6-7,16,23H,4-5,8-14H2/p+1. The second-order valence-corrected chi connectivity index (χ2v) is 7.49. The molecule has 0 amide bonds. The molecule has 4 rings (SSSR count). The molecule has 0 bridgehead atoms. The van der Waals surface area contributed by atoms with Crippen LogP contribution in [0.15, 0.2) is 30.3 Å². The van der Waals surface area contributed by atoms with Gasteiger partial charge in [-0.2, -0.15) is 0 Å². The van der Waals surface area contributed by atoms with E-state index in [4.69, 9.17) is 12.2 Å². The van der Waals surface area contributed by atoms with Gasteiger partial charge in [0, 0.05) is 29.9 Å². The average molecular weight is 345 g/mol. The van der Waals surface area contributed by atoms with Gasteiger partial charge in [0.15, 0.2) is 11.4 Å². The molecule has 128 valence electrons. The molecule has 1 saturated heterocycles. The molecule has 2 aliphatic rings. The number of nitrogens with one attached hydrogen (secondary N) is 1. The van der Waals surface area contributed by atoms with Crippen molar-refractivity contribution in [3.8, 4) is 5.69 Å². The highest BCUT2D eigenvalue weighted by atomic mass is 32.1. The number of hydrogen-bond donors (Lipinski definition) is 2. The first kappa shape index (κ1) is 16.1. The lowest BCUT2D eigenvalue weighted by Crippen LogP contribution is -3.12. The Balaban J connectivity index is 1.72. The van der Waals surface area contributed by atoms with Crippen LogP contribution < -0.4 is 4.90 Å². The normalized spacial score (nSPS) is 23.9. The molecule has 0 unspecified atom stereocenters. The fraction of sp³-hybridized carbons (Fsp3) is 0.526. The molecule has 0 atom stereocenters. The topological polar surface area (TPSA) is 34.5 Å². The Morgan fingerprint density at radius 3 is 2.42 bits per heavy atom. The minimum atomic E-state index is -0.107.